The lowest BCUT2D eigenvalue weighted by Gasteiger charge is -2.23. The van der Waals surface area contributed by atoms with E-state index in [4.69, 9.17) is 10.8 Å². The Bertz CT molecular complexity index is 193. The molecule has 0 fully saturated rings. The van der Waals surface area contributed by atoms with Crippen molar-refractivity contribution in [2.24, 2.45) is 5.73 Å². The number of hydrogen-bond acceptors (Lipinski definition) is 3. The number of hydrogen-bond donors (Lipinski definition) is 3. The van der Waals surface area contributed by atoms with Crippen molar-refractivity contribution >= 4 is 11.9 Å². The third kappa shape index (κ3) is 2.50. The van der Waals surface area contributed by atoms with Crippen molar-refractivity contribution in [3.63, 3.8) is 0 Å². The fourth-order valence-electron chi connectivity index (χ4n) is 0.652. The molecule has 0 bridgehead atoms. The van der Waals surface area contributed by atoms with Crippen LogP contribution in [-0.4, -0.2) is 29.1 Å². The Morgan fingerprint density at radius 1 is 1.58 bits per heavy atom. The Kier molecular flexibility index (Phi) is 3.69. The molecule has 0 unspecified atom stereocenters. The molecule has 0 aromatic rings. The molecule has 0 aliphatic heterocycles. The van der Waals surface area contributed by atoms with Gasteiger partial charge in [-0.05, 0) is 13.3 Å². The minimum Gasteiger partial charge on any atom is -0.480 e. The van der Waals surface area contributed by atoms with Gasteiger partial charge in [0.15, 0.2) is 0 Å². The SMILES string of the molecule is CC[C@](C)(NC(=O)CN)C(=O)O. The van der Waals surface area contributed by atoms with E-state index >= 15 is 0 Å². The molecule has 5 heteroatoms. The van der Waals surface area contributed by atoms with Crippen molar-refractivity contribution in [3.05, 3.63) is 0 Å². The summed E-state index contributed by atoms with van der Waals surface area (Å²) in [5.74, 6) is -1.51. The van der Waals surface area contributed by atoms with E-state index in [-0.39, 0.29) is 6.54 Å². The van der Waals surface area contributed by atoms with Crippen molar-refractivity contribution in [3.8, 4) is 0 Å². The molecule has 0 aliphatic rings. The summed E-state index contributed by atoms with van der Waals surface area (Å²) in [5, 5.41) is 11.1. The van der Waals surface area contributed by atoms with Crippen LogP contribution in [0.15, 0.2) is 0 Å². The van der Waals surface area contributed by atoms with Gasteiger partial charge in [0.2, 0.25) is 5.91 Å². The second-order valence-electron chi connectivity index (χ2n) is 2.74. The van der Waals surface area contributed by atoms with Gasteiger partial charge in [-0.25, -0.2) is 4.79 Å². The molecular formula is C7H14N2O3. The number of carbonyl (C=O) groups is 2. The number of carboxylic acids is 1. The molecule has 0 spiro atoms. The van der Waals surface area contributed by atoms with Crippen LogP contribution in [0.25, 0.3) is 0 Å². The quantitative estimate of drug-likeness (QED) is 0.526. The van der Waals surface area contributed by atoms with Crippen LogP contribution >= 0.6 is 0 Å². The van der Waals surface area contributed by atoms with Crippen molar-refractivity contribution in [2.75, 3.05) is 6.54 Å². The Balaban J connectivity index is 4.34. The molecule has 1 amide bonds. The van der Waals surface area contributed by atoms with E-state index in [9.17, 15) is 9.59 Å². The highest BCUT2D eigenvalue weighted by atomic mass is 16.4. The maximum Gasteiger partial charge on any atom is 0.329 e. The molecule has 0 rings (SSSR count). The van der Waals surface area contributed by atoms with Crippen molar-refractivity contribution in [2.45, 2.75) is 25.8 Å². The first-order valence-electron chi connectivity index (χ1n) is 3.70. The summed E-state index contributed by atoms with van der Waals surface area (Å²) in [7, 11) is 0. The number of rotatable bonds is 4. The largest absolute Gasteiger partial charge is 0.480 e. The minimum absolute atomic E-state index is 0.192. The second-order valence-corrected chi connectivity index (χ2v) is 2.74. The fourth-order valence-corrected chi connectivity index (χ4v) is 0.652. The predicted molar refractivity (Wildman–Crippen MR) is 43.5 cm³/mol. The summed E-state index contributed by atoms with van der Waals surface area (Å²) >= 11 is 0. The van der Waals surface area contributed by atoms with Crippen LogP contribution in [-0.2, 0) is 9.59 Å². The highest BCUT2D eigenvalue weighted by Crippen LogP contribution is 2.08. The third-order valence-electron chi connectivity index (χ3n) is 1.78. The molecule has 0 aliphatic carbocycles. The zero-order valence-electron chi connectivity index (χ0n) is 7.26. The van der Waals surface area contributed by atoms with Gasteiger partial charge in [0, 0.05) is 0 Å². The highest BCUT2D eigenvalue weighted by Gasteiger charge is 2.32. The predicted octanol–water partition coefficient (Wildman–Crippen LogP) is -0.685. The zero-order chi connectivity index (χ0) is 9.78. The number of aliphatic carboxylic acids is 1. The number of carboxylic acid groups (broad SMARTS) is 1. The molecule has 1 atom stereocenters. The summed E-state index contributed by atoms with van der Waals surface area (Å²) in [6.07, 6.45) is 0.327. The average molecular weight is 174 g/mol. The molecule has 12 heavy (non-hydrogen) atoms. The molecule has 0 saturated heterocycles. The number of carbonyl (C=O) groups excluding carboxylic acids is 1. The lowest BCUT2D eigenvalue weighted by Crippen LogP contribution is -2.53. The first kappa shape index (κ1) is 10.9. The molecule has 0 radical (unpaired) electrons. The molecule has 0 aromatic heterocycles. The first-order chi connectivity index (χ1) is 5.46. The van der Waals surface area contributed by atoms with E-state index in [1.807, 2.05) is 0 Å². The van der Waals surface area contributed by atoms with Crippen LogP contribution in [0.3, 0.4) is 0 Å². The summed E-state index contributed by atoms with van der Waals surface area (Å²) in [6.45, 7) is 2.94. The van der Waals surface area contributed by atoms with Crippen molar-refractivity contribution in [1.29, 1.82) is 0 Å². The first-order valence-corrected chi connectivity index (χ1v) is 3.70. The maximum absolute atomic E-state index is 10.8. The molecule has 70 valence electrons. The Morgan fingerprint density at radius 3 is 2.33 bits per heavy atom. The second kappa shape index (κ2) is 4.06. The monoisotopic (exact) mass is 174 g/mol. The highest BCUT2D eigenvalue weighted by molar-refractivity contribution is 5.87. The Hall–Kier alpha value is -1.10. The van der Waals surface area contributed by atoms with Gasteiger partial charge in [-0.1, -0.05) is 6.92 Å². The fraction of sp³-hybridized carbons (Fsp3) is 0.714. The van der Waals surface area contributed by atoms with E-state index < -0.39 is 17.4 Å². The minimum atomic E-state index is -1.20. The molecule has 5 nitrogen and oxygen atoms in total. The van der Waals surface area contributed by atoms with Crippen LogP contribution in [0.5, 0.6) is 0 Å². The number of amides is 1. The van der Waals surface area contributed by atoms with Gasteiger partial charge in [-0.2, -0.15) is 0 Å². The zero-order valence-corrected chi connectivity index (χ0v) is 7.26. The average Bonchev–Trinajstić information content (AvgIpc) is 2.03. The molecule has 4 N–H and O–H groups in total. The van der Waals surface area contributed by atoms with E-state index in [0.29, 0.717) is 6.42 Å². The van der Waals surface area contributed by atoms with Crippen LogP contribution in [0.2, 0.25) is 0 Å². The standard InChI is InChI=1S/C7H14N2O3/c1-3-7(2,6(11)12)9-5(10)4-8/h3-4,8H2,1-2H3,(H,9,10)(H,11,12)/t7-/m0/s1. The molecular weight excluding hydrogens is 160 g/mol. The summed E-state index contributed by atoms with van der Waals surface area (Å²) < 4.78 is 0. The summed E-state index contributed by atoms with van der Waals surface area (Å²) in [5.41, 5.74) is 3.83. The lowest BCUT2D eigenvalue weighted by molar-refractivity contribution is -0.146. The van der Waals surface area contributed by atoms with E-state index in [1.54, 1.807) is 6.92 Å². The molecule has 0 saturated carbocycles. The van der Waals surface area contributed by atoms with Gasteiger partial charge in [0.25, 0.3) is 0 Å². The number of nitrogens with one attached hydrogen (secondary N) is 1. The van der Waals surface area contributed by atoms with Crippen molar-refractivity contribution in [1.82, 2.24) is 5.32 Å². The van der Waals surface area contributed by atoms with E-state index in [2.05, 4.69) is 5.32 Å². The van der Waals surface area contributed by atoms with Crippen molar-refractivity contribution < 1.29 is 14.7 Å². The van der Waals surface area contributed by atoms with E-state index in [1.165, 1.54) is 6.92 Å². The summed E-state index contributed by atoms with van der Waals surface area (Å²) in [6, 6.07) is 0. The topological polar surface area (TPSA) is 92.4 Å². The maximum atomic E-state index is 10.8. The van der Waals surface area contributed by atoms with Gasteiger partial charge >= 0.3 is 5.97 Å². The van der Waals surface area contributed by atoms with Gasteiger partial charge in [0.1, 0.15) is 5.54 Å². The third-order valence-corrected chi connectivity index (χ3v) is 1.78. The van der Waals surface area contributed by atoms with E-state index in [0.717, 1.165) is 0 Å². The Morgan fingerprint density at radius 2 is 2.08 bits per heavy atom. The van der Waals surface area contributed by atoms with Crippen LogP contribution < -0.4 is 11.1 Å². The smallest absolute Gasteiger partial charge is 0.329 e. The number of nitrogens with two attached hydrogens (primary N) is 1. The summed E-state index contributed by atoms with van der Waals surface area (Å²) in [4.78, 5) is 21.4. The van der Waals surface area contributed by atoms with Gasteiger partial charge < -0.3 is 16.2 Å². The van der Waals surface area contributed by atoms with Crippen LogP contribution in [0.4, 0.5) is 0 Å². The van der Waals surface area contributed by atoms with Gasteiger partial charge in [0.05, 0.1) is 6.54 Å². The normalized spacial score (nSPS) is 14.9. The van der Waals surface area contributed by atoms with Gasteiger partial charge in [-0.3, -0.25) is 4.79 Å². The van der Waals surface area contributed by atoms with Crippen LogP contribution in [0.1, 0.15) is 20.3 Å². The van der Waals surface area contributed by atoms with Crippen LogP contribution in [0, 0.1) is 0 Å². The van der Waals surface area contributed by atoms with Gasteiger partial charge in [-0.15, -0.1) is 0 Å². The molecule has 0 heterocycles. The Labute approximate surface area is 70.9 Å². The molecule has 0 aromatic carbocycles. The lowest BCUT2D eigenvalue weighted by atomic mass is 9.99.